The Morgan fingerprint density at radius 3 is 2.69 bits per heavy atom. The molecule has 0 radical (unpaired) electrons. The summed E-state index contributed by atoms with van der Waals surface area (Å²) >= 11 is 0. The lowest BCUT2D eigenvalue weighted by Gasteiger charge is -2.35. The molecule has 2 atom stereocenters. The smallest absolute Gasteiger partial charge is 0.234 e. The molecule has 4 heteroatoms. The molecule has 4 nitrogen and oxygen atoms in total. The number of nitrogens with zero attached hydrogens (tertiary/aromatic N) is 1. The third kappa shape index (κ3) is 4.10. The van der Waals surface area contributed by atoms with Crippen molar-refractivity contribution in [3.63, 3.8) is 0 Å². The van der Waals surface area contributed by atoms with Gasteiger partial charge in [-0.05, 0) is 33.2 Å². The van der Waals surface area contributed by atoms with Gasteiger partial charge in [-0.3, -0.25) is 9.69 Å². The highest BCUT2D eigenvalue weighted by molar-refractivity contribution is 5.77. The standard InChI is InChI=1S/C12H25N3O/c1-4-13-12(16)9-15(5-2)11-7-6-10(3)14-8-11/h10-11,14H,4-9H2,1-3H3,(H,13,16). The predicted molar refractivity (Wildman–Crippen MR) is 66.4 cm³/mol. The normalized spacial score (nSPS) is 25.8. The molecule has 0 aromatic heterocycles. The number of likely N-dealkylation sites (N-methyl/N-ethyl adjacent to an activating group) is 2. The third-order valence-corrected chi connectivity index (χ3v) is 3.28. The van der Waals surface area contributed by atoms with Crippen LogP contribution in [0, 0.1) is 0 Å². The number of amides is 1. The zero-order valence-corrected chi connectivity index (χ0v) is 10.8. The molecule has 1 aliphatic rings. The summed E-state index contributed by atoms with van der Waals surface area (Å²) in [5.74, 6) is 0.142. The number of hydrogen-bond donors (Lipinski definition) is 2. The molecule has 0 aliphatic carbocycles. The Bertz CT molecular complexity index is 212. The van der Waals surface area contributed by atoms with E-state index in [4.69, 9.17) is 0 Å². The van der Waals surface area contributed by atoms with Crippen molar-refractivity contribution in [1.29, 1.82) is 0 Å². The highest BCUT2D eigenvalue weighted by atomic mass is 16.2. The van der Waals surface area contributed by atoms with Crippen LogP contribution in [0.4, 0.5) is 0 Å². The first-order valence-corrected chi connectivity index (χ1v) is 6.41. The number of rotatable bonds is 5. The van der Waals surface area contributed by atoms with Crippen LogP contribution in [-0.4, -0.2) is 49.1 Å². The van der Waals surface area contributed by atoms with E-state index in [0.29, 0.717) is 18.6 Å². The lowest BCUT2D eigenvalue weighted by molar-refractivity contribution is -0.122. The Hall–Kier alpha value is -0.610. The minimum absolute atomic E-state index is 0.142. The summed E-state index contributed by atoms with van der Waals surface area (Å²) in [6.45, 7) is 9.50. The molecule has 1 aliphatic heterocycles. The molecule has 1 saturated heterocycles. The monoisotopic (exact) mass is 227 g/mol. The van der Waals surface area contributed by atoms with Crippen molar-refractivity contribution in [1.82, 2.24) is 15.5 Å². The Kier molecular flexibility index (Phi) is 5.77. The Morgan fingerprint density at radius 1 is 1.44 bits per heavy atom. The molecule has 0 saturated carbocycles. The number of hydrogen-bond acceptors (Lipinski definition) is 3. The molecule has 94 valence electrons. The van der Waals surface area contributed by atoms with Crippen molar-refractivity contribution >= 4 is 5.91 Å². The predicted octanol–water partition coefficient (Wildman–Crippen LogP) is 0.585. The van der Waals surface area contributed by atoms with Gasteiger partial charge >= 0.3 is 0 Å². The summed E-state index contributed by atoms with van der Waals surface area (Å²) in [5, 5.41) is 6.34. The molecule has 0 bridgehead atoms. The molecule has 2 unspecified atom stereocenters. The Morgan fingerprint density at radius 2 is 2.19 bits per heavy atom. The lowest BCUT2D eigenvalue weighted by Crippen LogP contribution is -2.51. The van der Waals surface area contributed by atoms with Gasteiger partial charge in [0.2, 0.25) is 5.91 Å². The summed E-state index contributed by atoms with van der Waals surface area (Å²) in [6.07, 6.45) is 2.40. The summed E-state index contributed by atoms with van der Waals surface area (Å²) in [6, 6.07) is 1.14. The zero-order chi connectivity index (χ0) is 12.0. The largest absolute Gasteiger partial charge is 0.355 e. The molecule has 16 heavy (non-hydrogen) atoms. The van der Waals surface area contributed by atoms with Crippen molar-refractivity contribution in [3.05, 3.63) is 0 Å². The minimum atomic E-state index is 0.142. The van der Waals surface area contributed by atoms with E-state index in [-0.39, 0.29) is 5.91 Å². The molecule has 2 N–H and O–H groups in total. The van der Waals surface area contributed by atoms with Gasteiger partial charge in [-0.15, -0.1) is 0 Å². The van der Waals surface area contributed by atoms with Crippen molar-refractivity contribution in [3.8, 4) is 0 Å². The Balaban J connectivity index is 2.38. The van der Waals surface area contributed by atoms with Gasteiger partial charge in [0.25, 0.3) is 0 Å². The second-order valence-corrected chi connectivity index (χ2v) is 4.56. The molecule has 0 aromatic rings. The summed E-state index contributed by atoms with van der Waals surface area (Å²) in [5.41, 5.74) is 0. The van der Waals surface area contributed by atoms with Crippen molar-refractivity contribution in [2.45, 2.75) is 45.7 Å². The van der Waals surface area contributed by atoms with Gasteiger partial charge in [0.1, 0.15) is 0 Å². The van der Waals surface area contributed by atoms with E-state index < -0.39 is 0 Å². The van der Waals surface area contributed by atoms with Gasteiger partial charge in [0.05, 0.1) is 6.54 Å². The Labute approximate surface area is 98.8 Å². The van der Waals surface area contributed by atoms with E-state index in [0.717, 1.165) is 19.6 Å². The summed E-state index contributed by atoms with van der Waals surface area (Å²) in [7, 11) is 0. The van der Waals surface area contributed by atoms with Crippen LogP contribution in [0.3, 0.4) is 0 Å². The maximum absolute atomic E-state index is 11.5. The quantitative estimate of drug-likeness (QED) is 0.722. The highest BCUT2D eigenvalue weighted by Gasteiger charge is 2.23. The van der Waals surface area contributed by atoms with E-state index in [1.54, 1.807) is 0 Å². The van der Waals surface area contributed by atoms with E-state index in [1.165, 1.54) is 12.8 Å². The van der Waals surface area contributed by atoms with Crippen LogP contribution in [0.5, 0.6) is 0 Å². The molecule has 0 aromatic carbocycles. The van der Waals surface area contributed by atoms with Crippen molar-refractivity contribution in [2.24, 2.45) is 0 Å². The van der Waals surface area contributed by atoms with Gasteiger partial charge in [-0.25, -0.2) is 0 Å². The van der Waals surface area contributed by atoms with Crippen LogP contribution in [0.25, 0.3) is 0 Å². The van der Waals surface area contributed by atoms with Crippen LogP contribution >= 0.6 is 0 Å². The van der Waals surface area contributed by atoms with Crippen LogP contribution in [0.15, 0.2) is 0 Å². The summed E-state index contributed by atoms with van der Waals surface area (Å²) < 4.78 is 0. The second kappa shape index (κ2) is 6.86. The van der Waals surface area contributed by atoms with Crippen molar-refractivity contribution in [2.75, 3.05) is 26.2 Å². The van der Waals surface area contributed by atoms with E-state index in [9.17, 15) is 4.79 Å². The van der Waals surface area contributed by atoms with Crippen LogP contribution in [-0.2, 0) is 4.79 Å². The summed E-state index contributed by atoms with van der Waals surface area (Å²) in [4.78, 5) is 13.8. The fraction of sp³-hybridized carbons (Fsp3) is 0.917. The first kappa shape index (κ1) is 13.5. The number of carbonyl (C=O) groups excluding carboxylic acids is 1. The number of piperidine rings is 1. The number of nitrogens with one attached hydrogen (secondary N) is 2. The van der Waals surface area contributed by atoms with E-state index >= 15 is 0 Å². The molecule has 1 heterocycles. The first-order chi connectivity index (χ1) is 7.67. The van der Waals surface area contributed by atoms with Crippen LogP contribution in [0.1, 0.15) is 33.6 Å². The molecular weight excluding hydrogens is 202 g/mol. The molecule has 1 rings (SSSR count). The van der Waals surface area contributed by atoms with Gasteiger partial charge < -0.3 is 10.6 Å². The fourth-order valence-corrected chi connectivity index (χ4v) is 2.23. The number of carbonyl (C=O) groups is 1. The first-order valence-electron chi connectivity index (χ1n) is 6.41. The minimum Gasteiger partial charge on any atom is -0.355 e. The molecule has 1 fully saturated rings. The SMILES string of the molecule is CCNC(=O)CN(CC)C1CCC(C)NC1. The third-order valence-electron chi connectivity index (χ3n) is 3.28. The molecule has 1 amide bonds. The highest BCUT2D eigenvalue weighted by Crippen LogP contribution is 2.13. The van der Waals surface area contributed by atoms with Crippen LogP contribution in [0.2, 0.25) is 0 Å². The van der Waals surface area contributed by atoms with Crippen LogP contribution < -0.4 is 10.6 Å². The van der Waals surface area contributed by atoms with Crippen molar-refractivity contribution < 1.29 is 4.79 Å². The van der Waals surface area contributed by atoms with Gasteiger partial charge in [-0.2, -0.15) is 0 Å². The van der Waals surface area contributed by atoms with Gasteiger partial charge in [0.15, 0.2) is 0 Å². The molecular formula is C12H25N3O. The van der Waals surface area contributed by atoms with E-state index in [1.807, 2.05) is 6.92 Å². The maximum atomic E-state index is 11.5. The fourth-order valence-electron chi connectivity index (χ4n) is 2.23. The lowest BCUT2D eigenvalue weighted by atomic mass is 10.0. The maximum Gasteiger partial charge on any atom is 0.234 e. The topological polar surface area (TPSA) is 44.4 Å². The van der Waals surface area contributed by atoms with Gasteiger partial charge in [-0.1, -0.05) is 6.92 Å². The zero-order valence-electron chi connectivity index (χ0n) is 10.8. The van der Waals surface area contributed by atoms with E-state index in [2.05, 4.69) is 29.4 Å². The molecule has 0 spiro atoms. The second-order valence-electron chi connectivity index (χ2n) is 4.56. The average Bonchev–Trinajstić information content (AvgIpc) is 2.27. The average molecular weight is 227 g/mol. The van der Waals surface area contributed by atoms with Gasteiger partial charge in [0, 0.05) is 25.2 Å².